The second kappa shape index (κ2) is 6.33. The second-order valence-corrected chi connectivity index (χ2v) is 5.50. The van der Waals surface area contributed by atoms with E-state index in [0.717, 1.165) is 21.7 Å². The zero-order valence-electron chi connectivity index (χ0n) is 11.7. The first-order chi connectivity index (χ1) is 9.51. The van der Waals surface area contributed by atoms with Crippen LogP contribution in [0.5, 0.6) is 11.5 Å². The van der Waals surface area contributed by atoms with Gasteiger partial charge in [-0.2, -0.15) is 0 Å². The van der Waals surface area contributed by atoms with Crippen LogP contribution in [-0.2, 0) is 0 Å². The molecule has 2 rings (SSSR count). The first-order valence-corrected chi connectivity index (χ1v) is 7.12. The molecule has 0 amide bonds. The van der Waals surface area contributed by atoms with Crippen molar-refractivity contribution in [3.63, 3.8) is 0 Å². The smallest absolute Gasteiger partial charge is 0.171 e. The van der Waals surface area contributed by atoms with Gasteiger partial charge in [-0.1, -0.05) is 0 Å². The van der Waals surface area contributed by atoms with E-state index in [-0.39, 0.29) is 12.1 Å². The monoisotopic (exact) mass is 339 g/mol. The molecular formula is C15H18BrNO3. The molecule has 0 aliphatic heterocycles. The van der Waals surface area contributed by atoms with Crippen molar-refractivity contribution in [3.8, 4) is 11.5 Å². The van der Waals surface area contributed by atoms with E-state index in [0.29, 0.717) is 5.75 Å². The van der Waals surface area contributed by atoms with Crippen LogP contribution in [0.1, 0.15) is 24.5 Å². The molecule has 0 spiro atoms. The van der Waals surface area contributed by atoms with Gasteiger partial charge >= 0.3 is 0 Å². The topological polar surface area (TPSA) is 57.6 Å². The molecule has 5 heteroatoms. The largest absolute Gasteiger partial charge is 0.497 e. The Morgan fingerprint density at radius 1 is 1.25 bits per heavy atom. The lowest BCUT2D eigenvalue weighted by Gasteiger charge is -2.21. The summed E-state index contributed by atoms with van der Waals surface area (Å²) in [6, 6.07) is 9.12. The van der Waals surface area contributed by atoms with Crippen LogP contribution < -0.4 is 15.2 Å². The van der Waals surface area contributed by atoms with E-state index in [1.54, 1.807) is 7.11 Å². The summed E-state index contributed by atoms with van der Waals surface area (Å²) in [5.74, 6) is 3.01. The molecule has 2 atom stereocenters. The van der Waals surface area contributed by atoms with Crippen LogP contribution in [0.4, 0.5) is 0 Å². The maximum Gasteiger partial charge on any atom is 0.171 e. The summed E-state index contributed by atoms with van der Waals surface area (Å²) in [6.07, 6.45) is -0.339. The van der Waals surface area contributed by atoms with Crippen molar-refractivity contribution in [1.82, 2.24) is 0 Å². The van der Waals surface area contributed by atoms with Crippen molar-refractivity contribution in [2.24, 2.45) is 5.73 Å². The number of hydrogen-bond donors (Lipinski definition) is 1. The summed E-state index contributed by atoms with van der Waals surface area (Å²) < 4.78 is 17.6. The minimum atomic E-state index is -0.339. The number of benzene rings is 1. The van der Waals surface area contributed by atoms with E-state index in [2.05, 4.69) is 15.9 Å². The Hall–Kier alpha value is -1.46. The predicted octanol–water partition coefficient (Wildman–Crippen LogP) is 3.83. The lowest BCUT2D eigenvalue weighted by Crippen LogP contribution is -2.28. The Labute approximate surface area is 127 Å². The number of ether oxygens (including phenoxy) is 2. The Bertz CT molecular complexity index is 580. The molecule has 0 saturated carbocycles. The highest BCUT2D eigenvalue weighted by atomic mass is 79.9. The van der Waals surface area contributed by atoms with Crippen molar-refractivity contribution in [3.05, 3.63) is 46.3 Å². The van der Waals surface area contributed by atoms with Gasteiger partial charge in [-0.05, 0) is 60.1 Å². The molecule has 1 aromatic heterocycles. The third kappa shape index (κ3) is 3.35. The zero-order chi connectivity index (χ0) is 14.7. The van der Waals surface area contributed by atoms with Crippen molar-refractivity contribution >= 4 is 15.9 Å². The third-order valence-electron chi connectivity index (χ3n) is 2.91. The van der Waals surface area contributed by atoms with Crippen molar-refractivity contribution in [1.29, 1.82) is 0 Å². The van der Waals surface area contributed by atoms with Gasteiger partial charge in [0.15, 0.2) is 6.10 Å². The Kier molecular flexibility index (Phi) is 4.73. The average molecular weight is 340 g/mol. The van der Waals surface area contributed by atoms with Crippen LogP contribution in [0.25, 0.3) is 0 Å². The fourth-order valence-electron chi connectivity index (χ4n) is 1.87. The van der Waals surface area contributed by atoms with Gasteiger partial charge in [-0.15, -0.1) is 0 Å². The molecule has 108 valence electrons. The first-order valence-electron chi connectivity index (χ1n) is 6.33. The van der Waals surface area contributed by atoms with Crippen LogP contribution in [-0.4, -0.2) is 13.2 Å². The van der Waals surface area contributed by atoms with E-state index in [1.807, 2.05) is 44.2 Å². The summed E-state index contributed by atoms with van der Waals surface area (Å²) in [6.45, 7) is 3.78. The van der Waals surface area contributed by atoms with Crippen LogP contribution in [0.2, 0.25) is 0 Å². The summed E-state index contributed by atoms with van der Waals surface area (Å²) in [5, 5.41) is 0. The van der Waals surface area contributed by atoms with Crippen LogP contribution in [0.15, 0.2) is 39.2 Å². The molecule has 0 saturated heterocycles. The number of aryl methyl sites for hydroxylation is 1. The molecule has 1 heterocycles. The van der Waals surface area contributed by atoms with Crippen molar-refractivity contribution in [2.75, 3.05) is 7.11 Å². The van der Waals surface area contributed by atoms with Crippen molar-refractivity contribution in [2.45, 2.75) is 26.0 Å². The number of methoxy groups -OCH3 is 1. The molecule has 0 aliphatic rings. The number of rotatable bonds is 5. The molecule has 0 fully saturated rings. The number of halogens is 1. The molecular weight excluding hydrogens is 322 g/mol. The highest BCUT2D eigenvalue weighted by Gasteiger charge is 2.22. The Morgan fingerprint density at radius 3 is 2.50 bits per heavy atom. The normalized spacial score (nSPS) is 13.8. The Balaban J connectivity index is 2.25. The standard InChI is InChI=1S/C15H18BrNO3/c1-9-4-6-14(19-9)15(10(2)17)20-13-7-5-11(18-3)8-12(13)16/h4-8,10,15H,17H2,1-3H3. The fourth-order valence-corrected chi connectivity index (χ4v) is 2.32. The molecule has 0 bridgehead atoms. The molecule has 1 aromatic carbocycles. The number of furan rings is 1. The van der Waals surface area contributed by atoms with Gasteiger partial charge in [0, 0.05) is 6.04 Å². The third-order valence-corrected chi connectivity index (χ3v) is 3.53. The molecule has 2 aromatic rings. The zero-order valence-corrected chi connectivity index (χ0v) is 13.3. The molecule has 0 radical (unpaired) electrons. The van der Waals surface area contributed by atoms with Crippen LogP contribution in [0, 0.1) is 6.92 Å². The van der Waals surface area contributed by atoms with Gasteiger partial charge in [0.1, 0.15) is 23.0 Å². The fraction of sp³-hybridized carbons (Fsp3) is 0.333. The average Bonchev–Trinajstić information content (AvgIpc) is 2.83. The maximum atomic E-state index is 6.01. The highest BCUT2D eigenvalue weighted by molar-refractivity contribution is 9.10. The number of nitrogens with two attached hydrogens (primary N) is 1. The van der Waals surface area contributed by atoms with E-state index < -0.39 is 0 Å². The van der Waals surface area contributed by atoms with Gasteiger partial charge in [-0.25, -0.2) is 0 Å². The van der Waals surface area contributed by atoms with Gasteiger partial charge in [0.25, 0.3) is 0 Å². The molecule has 2 N–H and O–H groups in total. The predicted molar refractivity (Wildman–Crippen MR) is 81.2 cm³/mol. The molecule has 0 aliphatic carbocycles. The van der Waals surface area contributed by atoms with Gasteiger partial charge in [0.05, 0.1) is 11.6 Å². The number of hydrogen-bond acceptors (Lipinski definition) is 4. The van der Waals surface area contributed by atoms with E-state index >= 15 is 0 Å². The van der Waals surface area contributed by atoms with Gasteiger partial charge in [-0.3, -0.25) is 0 Å². The quantitative estimate of drug-likeness (QED) is 0.899. The summed E-state index contributed by atoms with van der Waals surface area (Å²) in [5.41, 5.74) is 6.01. The lowest BCUT2D eigenvalue weighted by molar-refractivity contribution is 0.150. The van der Waals surface area contributed by atoms with Crippen LogP contribution in [0.3, 0.4) is 0 Å². The van der Waals surface area contributed by atoms with Gasteiger partial charge in [0.2, 0.25) is 0 Å². The Morgan fingerprint density at radius 2 is 2.00 bits per heavy atom. The highest BCUT2D eigenvalue weighted by Crippen LogP contribution is 2.33. The minimum Gasteiger partial charge on any atom is -0.497 e. The molecule has 20 heavy (non-hydrogen) atoms. The molecule has 4 nitrogen and oxygen atoms in total. The summed E-state index contributed by atoms with van der Waals surface area (Å²) in [7, 11) is 1.62. The SMILES string of the molecule is COc1ccc(OC(c2ccc(C)o2)C(C)N)c(Br)c1. The van der Waals surface area contributed by atoms with Crippen molar-refractivity contribution < 1.29 is 13.9 Å². The summed E-state index contributed by atoms with van der Waals surface area (Å²) in [4.78, 5) is 0. The molecule has 2 unspecified atom stereocenters. The lowest BCUT2D eigenvalue weighted by atomic mass is 10.1. The van der Waals surface area contributed by atoms with E-state index in [1.165, 1.54) is 0 Å². The summed E-state index contributed by atoms with van der Waals surface area (Å²) >= 11 is 3.47. The van der Waals surface area contributed by atoms with E-state index in [4.69, 9.17) is 19.6 Å². The van der Waals surface area contributed by atoms with E-state index in [9.17, 15) is 0 Å². The first kappa shape index (κ1) is 14.9. The second-order valence-electron chi connectivity index (χ2n) is 4.64. The van der Waals surface area contributed by atoms with Gasteiger partial charge < -0.3 is 19.6 Å². The maximum absolute atomic E-state index is 6.01. The minimum absolute atomic E-state index is 0.199. The van der Waals surface area contributed by atoms with Crippen LogP contribution >= 0.6 is 15.9 Å².